The SMILES string of the molecule is O=C1CSc2ccc(CCNC(=O)c3ccccc3F)cc2N1. The maximum atomic E-state index is 13.5. The molecule has 23 heavy (non-hydrogen) atoms. The first-order chi connectivity index (χ1) is 11.1. The number of benzene rings is 2. The fourth-order valence-electron chi connectivity index (χ4n) is 2.35. The van der Waals surface area contributed by atoms with Gasteiger partial charge in [-0.1, -0.05) is 18.2 Å². The Balaban J connectivity index is 1.59. The number of hydrogen-bond acceptors (Lipinski definition) is 3. The quantitative estimate of drug-likeness (QED) is 0.906. The van der Waals surface area contributed by atoms with Crippen LogP contribution in [0.1, 0.15) is 15.9 Å². The Morgan fingerprint density at radius 1 is 1.26 bits per heavy atom. The Morgan fingerprint density at radius 3 is 2.91 bits per heavy atom. The van der Waals surface area contributed by atoms with Gasteiger partial charge in [-0.05, 0) is 36.2 Å². The monoisotopic (exact) mass is 330 g/mol. The number of anilines is 1. The maximum absolute atomic E-state index is 13.5. The zero-order valence-electron chi connectivity index (χ0n) is 12.3. The highest BCUT2D eigenvalue weighted by Gasteiger charge is 2.15. The van der Waals surface area contributed by atoms with Crippen LogP contribution in [-0.2, 0) is 11.2 Å². The lowest BCUT2D eigenvalue weighted by Crippen LogP contribution is -2.26. The molecule has 0 spiro atoms. The smallest absolute Gasteiger partial charge is 0.254 e. The summed E-state index contributed by atoms with van der Waals surface area (Å²) in [6.45, 7) is 0.396. The predicted octanol–water partition coefficient (Wildman–Crippen LogP) is 2.84. The van der Waals surface area contributed by atoms with Crippen molar-refractivity contribution in [3.63, 3.8) is 0 Å². The molecule has 2 aromatic carbocycles. The van der Waals surface area contributed by atoms with E-state index in [0.717, 1.165) is 16.1 Å². The minimum absolute atomic E-state index is 0.00694. The maximum Gasteiger partial charge on any atom is 0.254 e. The Morgan fingerprint density at radius 2 is 2.09 bits per heavy atom. The van der Waals surface area contributed by atoms with Crippen molar-refractivity contribution >= 4 is 29.3 Å². The molecule has 0 bridgehead atoms. The molecule has 1 heterocycles. The van der Waals surface area contributed by atoms with Crippen molar-refractivity contribution in [3.05, 3.63) is 59.4 Å². The lowest BCUT2D eigenvalue weighted by atomic mass is 10.1. The van der Waals surface area contributed by atoms with Crippen molar-refractivity contribution in [2.45, 2.75) is 11.3 Å². The molecule has 0 saturated heterocycles. The molecule has 0 atom stereocenters. The number of fused-ring (bicyclic) bond motifs is 1. The Bertz CT molecular complexity index is 764. The molecule has 3 rings (SSSR count). The second-order valence-electron chi connectivity index (χ2n) is 5.15. The van der Waals surface area contributed by atoms with Gasteiger partial charge in [0.05, 0.1) is 17.0 Å². The average Bonchev–Trinajstić information content (AvgIpc) is 2.54. The summed E-state index contributed by atoms with van der Waals surface area (Å²) >= 11 is 1.51. The topological polar surface area (TPSA) is 58.2 Å². The molecule has 0 fully saturated rings. The van der Waals surface area contributed by atoms with Gasteiger partial charge >= 0.3 is 0 Å². The third-order valence-electron chi connectivity index (χ3n) is 3.49. The van der Waals surface area contributed by atoms with E-state index in [4.69, 9.17) is 0 Å². The summed E-state index contributed by atoms with van der Waals surface area (Å²) in [6.07, 6.45) is 0.605. The molecule has 0 unspecified atom stereocenters. The molecule has 2 aromatic rings. The molecule has 118 valence electrons. The third-order valence-corrected chi connectivity index (χ3v) is 4.57. The first kappa shape index (κ1) is 15.6. The van der Waals surface area contributed by atoms with Crippen molar-refractivity contribution in [1.82, 2.24) is 5.32 Å². The van der Waals surface area contributed by atoms with Gasteiger partial charge in [0.25, 0.3) is 5.91 Å². The van der Waals surface area contributed by atoms with Gasteiger partial charge in [-0.25, -0.2) is 4.39 Å². The van der Waals surface area contributed by atoms with Gasteiger partial charge in [-0.2, -0.15) is 0 Å². The number of rotatable bonds is 4. The summed E-state index contributed by atoms with van der Waals surface area (Å²) in [5.74, 6) is -0.527. The fourth-order valence-corrected chi connectivity index (χ4v) is 3.14. The number of carbonyl (C=O) groups is 2. The molecule has 0 radical (unpaired) electrons. The van der Waals surface area contributed by atoms with Gasteiger partial charge in [-0.15, -0.1) is 11.8 Å². The molecule has 0 aromatic heterocycles. The van der Waals surface area contributed by atoms with Crippen molar-refractivity contribution in [2.75, 3.05) is 17.6 Å². The number of thioether (sulfide) groups is 1. The second-order valence-corrected chi connectivity index (χ2v) is 6.17. The van der Waals surface area contributed by atoms with Crippen LogP contribution >= 0.6 is 11.8 Å². The van der Waals surface area contributed by atoms with E-state index in [9.17, 15) is 14.0 Å². The van der Waals surface area contributed by atoms with Gasteiger partial charge in [0.15, 0.2) is 0 Å². The van der Waals surface area contributed by atoms with Crippen molar-refractivity contribution in [3.8, 4) is 0 Å². The molecule has 0 aliphatic carbocycles. The summed E-state index contributed by atoms with van der Waals surface area (Å²) in [5, 5.41) is 5.54. The lowest BCUT2D eigenvalue weighted by Gasteiger charge is -2.17. The van der Waals surface area contributed by atoms with E-state index in [1.807, 2.05) is 18.2 Å². The summed E-state index contributed by atoms with van der Waals surface area (Å²) in [7, 11) is 0. The van der Waals surface area contributed by atoms with Crippen LogP contribution in [0.4, 0.5) is 10.1 Å². The molecular weight excluding hydrogens is 315 g/mol. The highest BCUT2D eigenvalue weighted by Crippen LogP contribution is 2.31. The zero-order chi connectivity index (χ0) is 16.2. The highest BCUT2D eigenvalue weighted by atomic mass is 32.2. The Labute approximate surface area is 137 Å². The first-order valence-corrected chi connectivity index (χ1v) is 8.20. The van der Waals surface area contributed by atoms with Crippen LogP contribution in [0.15, 0.2) is 47.4 Å². The number of hydrogen-bond donors (Lipinski definition) is 2. The zero-order valence-corrected chi connectivity index (χ0v) is 13.1. The summed E-state index contributed by atoms with van der Waals surface area (Å²) in [6, 6.07) is 11.7. The molecule has 2 N–H and O–H groups in total. The van der Waals surface area contributed by atoms with E-state index in [1.165, 1.54) is 23.9 Å². The van der Waals surface area contributed by atoms with Gasteiger partial charge < -0.3 is 10.6 Å². The van der Waals surface area contributed by atoms with Gasteiger partial charge in [0.2, 0.25) is 5.91 Å². The minimum atomic E-state index is -0.529. The fraction of sp³-hybridized carbons (Fsp3) is 0.176. The minimum Gasteiger partial charge on any atom is -0.352 e. The molecule has 2 amide bonds. The lowest BCUT2D eigenvalue weighted by molar-refractivity contribution is -0.113. The second kappa shape index (κ2) is 6.83. The molecule has 6 heteroatoms. The van der Waals surface area contributed by atoms with Crippen LogP contribution < -0.4 is 10.6 Å². The van der Waals surface area contributed by atoms with E-state index < -0.39 is 11.7 Å². The van der Waals surface area contributed by atoms with Crippen LogP contribution in [-0.4, -0.2) is 24.1 Å². The largest absolute Gasteiger partial charge is 0.352 e. The van der Waals surface area contributed by atoms with Gasteiger partial charge in [0, 0.05) is 11.4 Å². The van der Waals surface area contributed by atoms with E-state index in [2.05, 4.69) is 10.6 Å². The van der Waals surface area contributed by atoms with Crippen LogP contribution in [0.3, 0.4) is 0 Å². The Kier molecular flexibility index (Phi) is 4.62. The van der Waals surface area contributed by atoms with Crippen molar-refractivity contribution in [2.24, 2.45) is 0 Å². The molecular formula is C17H15FN2O2S. The molecule has 1 aliphatic heterocycles. The molecule has 4 nitrogen and oxygen atoms in total. The van der Waals surface area contributed by atoms with Crippen LogP contribution in [0.2, 0.25) is 0 Å². The van der Waals surface area contributed by atoms with Crippen molar-refractivity contribution < 1.29 is 14.0 Å². The number of nitrogens with one attached hydrogen (secondary N) is 2. The normalized spacial score (nSPS) is 13.2. The molecule has 0 saturated carbocycles. The van der Waals surface area contributed by atoms with E-state index >= 15 is 0 Å². The van der Waals surface area contributed by atoms with Gasteiger partial charge in [-0.3, -0.25) is 9.59 Å². The Hall–Kier alpha value is -2.34. The summed E-state index contributed by atoms with van der Waals surface area (Å²) in [4.78, 5) is 24.4. The van der Waals surface area contributed by atoms with Crippen molar-refractivity contribution in [1.29, 1.82) is 0 Å². The number of halogens is 1. The predicted molar refractivity (Wildman–Crippen MR) is 88.2 cm³/mol. The van der Waals surface area contributed by atoms with Crippen LogP contribution in [0.25, 0.3) is 0 Å². The number of amides is 2. The standard InChI is InChI=1S/C17H15FN2O2S/c18-13-4-2-1-3-12(13)17(22)19-8-7-11-5-6-15-14(9-11)20-16(21)10-23-15/h1-6,9H,7-8,10H2,(H,19,22)(H,20,21). The molecule has 1 aliphatic rings. The highest BCUT2D eigenvalue weighted by molar-refractivity contribution is 8.00. The first-order valence-electron chi connectivity index (χ1n) is 7.22. The average molecular weight is 330 g/mol. The van der Waals surface area contributed by atoms with Crippen LogP contribution in [0.5, 0.6) is 0 Å². The summed E-state index contributed by atoms with van der Waals surface area (Å²) < 4.78 is 13.5. The van der Waals surface area contributed by atoms with E-state index in [0.29, 0.717) is 18.7 Å². The van der Waals surface area contributed by atoms with E-state index in [-0.39, 0.29) is 11.5 Å². The number of carbonyl (C=O) groups excluding carboxylic acids is 2. The summed E-state index contributed by atoms with van der Waals surface area (Å²) in [5.41, 5.74) is 1.85. The van der Waals surface area contributed by atoms with E-state index in [1.54, 1.807) is 12.1 Å². The van der Waals surface area contributed by atoms with Crippen LogP contribution in [0, 0.1) is 5.82 Å². The third kappa shape index (κ3) is 3.71. The van der Waals surface area contributed by atoms with Gasteiger partial charge in [0.1, 0.15) is 5.82 Å².